The maximum Gasteiger partial charge on any atom is 0.230 e. The van der Waals surface area contributed by atoms with Crippen molar-refractivity contribution < 1.29 is 13.6 Å². The molecule has 4 aliphatic rings. The summed E-state index contributed by atoms with van der Waals surface area (Å²) in [4.78, 5) is 12.6. The van der Waals surface area contributed by atoms with E-state index in [1.165, 1.54) is 6.07 Å². The van der Waals surface area contributed by atoms with Crippen LogP contribution in [0.15, 0.2) is 18.2 Å². The lowest BCUT2D eigenvalue weighted by Crippen LogP contribution is -2.57. The molecule has 22 heavy (non-hydrogen) atoms. The van der Waals surface area contributed by atoms with Crippen molar-refractivity contribution in [2.75, 3.05) is 5.32 Å². The van der Waals surface area contributed by atoms with E-state index in [1.807, 2.05) is 0 Å². The molecule has 0 heterocycles. The summed E-state index contributed by atoms with van der Waals surface area (Å²) < 4.78 is 26.8. The van der Waals surface area contributed by atoms with Crippen LogP contribution in [-0.4, -0.2) is 10.8 Å². The molecule has 4 bridgehead atoms. The summed E-state index contributed by atoms with van der Waals surface area (Å²) in [6.07, 6.45) is 5.49. The van der Waals surface area contributed by atoms with Gasteiger partial charge in [-0.2, -0.15) is 0 Å². The minimum absolute atomic E-state index is 0.0470. The quantitative estimate of drug-likeness (QED) is 0.798. The number of rotatable bonds is 2. The number of amides is 1. The molecule has 0 radical (unpaired) electrons. The first kappa shape index (κ1) is 14.4. The number of anilines is 1. The fourth-order valence-corrected chi connectivity index (χ4v) is 5.95. The molecule has 0 aromatic heterocycles. The molecule has 4 atom stereocenters. The second-order valence-electron chi connectivity index (χ2n) is 7.47. The van der Waals surface area contributed by atoms with Gasteiger partial charge in [0.05, 0.1) is 11.1 Å². The lowest BCUT2D eigenvalue weighted by Gasteiger charge is -2.59. The Bertz CT molecular complexity index is 634. The summed E-state index contributed by atoms with van der Waals surface area (Å²) in [5.74, 6) is -0.536. The van der Waals surface area contributed by atoms with Crippen molar-refractivity contribution >= 4 is 23.2 Å². The summed E-state index contributed by atoms with van der Waals surface area (Å²) in [6, 6.07) is 3.22. The van der Waals surface area contributed by atoms with Gasteiger partial charge in [-0.05, 0) is 62.5 Å². The number of carbonyl (C=O) groups is 1. The van der Waals surface area contributed by atoms with E-state index in [1.54, 1.807) is 0 Å². The van der Waals surface area contributed by atoms with Gasteiger partial charge in [0.1, 0.15) is 11.6 Å². The summed E-state index contributed by atoms with van der Waals surface area (Å²) in [7, 11) is 0. The van der Waals surface area contributed by atoms with Gasteiger partial charge in [0.25, 0.3) is 0 Å². The van der Waals surface area contributed by atoms with Crippen molar-refractivity contribution in [1.29, 1.82) is 0 Å². The lowest BCUT2D eigenvalue weighted by molar-refractivity contribution is -0.138. The smallest absolute Gasteiger partial charge is 0.230 e. The van der Waals surface area contributed by atoms with Gasteiger partial charge in [-0.15, -0.1) is 11.6 Å². The molecule has 5 rings (SSSR count). The number of nitrogens with one attached hydrogen (secondary N) is 1. The average Bonchev–Trinajstić information content (AvgIpc) is 2.39. The average molecular weight is 326 g/mol. The second-order valence-corrected chi connectivity index (χ2v) is 8.27. The predicted molar refractivity (Wildman–Crippen MR) is 80.7 cm³/mol. The zero-order chi connectivity index (χ0) is 15.5. The molecule has 5 heteroatoms. The minimum atomic E-state index is -0.737. The van der Waals surface area contributed by atoms with Crippen LogP contribution in [0.5, 0.6) is 0 Å². The van der Waals surface area contributed by atoms with Gasteiger partial charge in [-0.1, -0.05) is 0 Å². The molecule has 118 valence electrons. The fourth-order valence-electron chi connectivity index (χ4n) is 5.26. The van der Waals surface area contributed by atoms with Gasteiger partial charge >= 0.3 is 0 Å². The third-order valence-corrected chi connectivity index (χ3v) is 6.09. The van der Waals surface area contributed by atoms with Crippen molar-refractivity contribution in [3.8, 4) is 0 Å². The first-order valence-corrected chi connectivity index (χ1v) is 8.21. The minimum Gasteiger partial charge on any atom is -0.323 e. The van der Waals surface area contributed by atoms with Gasteiger partial charge in [0.15, 0.2) is 0 Å². The molecule has 4 aliphatic carbocycles. The van der Waals surface area contributed by atoms with Gasteiger partial charge in [-0.25, -0.2) is 8.78 Å². The Morgan fingerprint density at radius 2 is 1.86 bits per heavy atom. The fraction of sp³-hybridized carbons (Fsp3) is 0.588. The summed E-state index contributed by atoms with van der Waals surface area (Å²) in [5.41, 5.74) is -0.432. The summed E-state index contributed by atoms with van der Waals surface area (Å²) in [5, 5.41) is 2.67. The zero-order valence-electron chi connectivity index (χ0n) is 12.2. The Balaban J connectivity index is 1.60. The highest BCUT2D eigenvalue weighted by molar-refractivity contribution is 6.24. The Labute approximate surface area is 133 Å². The number of benzene rings is 1. The maximum atomic E-state index is 13.8. The highest BCUT2D eigenvalue weighted by atomic mass is 35.5. The molecule has 4 saturated carbocycles. The van der Waals surface area contributed by atoms with E-state index in [4.69, 9.17) is 11.6 Å². The lowest BCUT2D eigenvalue weighted by atomic mass is 9.49. The molecular weight excluding hydrogens is 308 g/mol. The van der Waals surface area contributed by atoms with Crippen LogP contribution in [0.3, 0.4) is 0 Å². The van der Waals surface area contributed by atoms with Crippen LogP contribution in [0.2, 0.25) is 0 Å². The first-order valence-electron chi connectivity index (χ1n) is 7.83. The van der Waals surface area contributed by atoms with Gasteiger partial charge in [0.2, 0.25) is 5.91 Å². The standard InChI is InChI=1S/C17H18ClF2NO/c18-17-7-10-3-11(8-17)6-16(5-10,9-17)15(22)21-14-2-1-12(19)4-13(14)20/h1-2,4,10-11H,3,5-9H2,(H,21,22)/t10-,11+,16?,17?. The largest absolute Gasteiger partial charge is 0.323 e. The molecule has 0 aliphatic heterocycles. The van der Waals surface area contributed by atoms with E-state index < -0.39 is 17.0 Å². The zero-order valence-corrected chi connectivity index (χ0v) is 12.9. The Hall–Kier alpha value is -1.16. The number of halogens is 3. The molecule has 1 N–H and O–H groups in total. The second kappa shape index (κ2) is 4.67. The SMILES string of the molecule is O=C(Nc1ccc(F)cc1F)C12C[C@@H]3C[C@@H](CC(Cl)(C3)C1)C2. The van der Waals surface area contributed by atoms with E-state index in [-0.39, 0.29) is 16.5 Å². The van der Waals surface area contributed by atoms with Crippen LogP contribution in [0, 0.1) is 28.9 Å². The monoisotopic (exact) mass is 325 g/mol. The van der Waals surface area contributed by atoms with Gasteiger partial charge in [-0.3, -0.25) is 4.79 Å². The molecular formula is C17H18ClF2NO. The van der Waals surface area contributed by atoms with Crippen LogP contribution in [0.25, 0.3) is 0 Å². The normalized spacial score (nSPS) is 39.0. The van der Waals surface area contributed by atoms with Crippen molar-refractivity contribution in [2.24, 2.45) is 17.3 Å². The molecule has 1 aromatic rings. The summed E-state index contributed by atoms with van der Waals surface area (Å²) >= 11 is 6.72. The number of alkyl halides is 1. The molecule has 1 amide bonds. The summed E-state index contributed by atoms with van der Waals surface area (Å²) in [6.45, 7) is 0. The highest BCUT2D eigenvalue weighted by Gasteiger charge is 2.60. The Kier molecular flexibility index (Phi) is 3.06. The van der Waals surface area contributed by atoms with Crippen LogP contribution in [-0.2, 0) is 4.79 Å². The van der Waals surface area contributed by atoms with E-state index in [0.29, 0.717) is 18.3 Å². The Morgan fingerprint density at radius 3 is 2.45 bits per heavy atom. The topological polar surface area (TPSA) is 29.1 Å². The van der Waals surface area contributed by atoms with E-state index in [2.05, 4.69) is 5.32 Å². The molecule has 2 nitrogen and oxygen atoms in total. The van der Waals surface area contributed by atoms with Crippen molar-refractivity contribution in [2.45, 2.75) is 43.4 Å². The predicted octanol–water partition coefficient (Wildman–Crippen LogP) is 4.48. The molecule has 0 spiro atoms. The number of carbonyl (C=O) groups excluding carboxylic acids is 1. The Morgan fingerprint density at radius 1 is 1.18 bits per heavy atom. The van der Waals surface area contributed by atoms with E-state index in [9.17, 15) is 13.6 Å². The van der Waals surface area contributed by atoms with Crippen molar-refractivity contribution in [3.05, 3.63) is 29.8 Å². The van der Waals surface area contributed by atoms with Gasteiger partial charge < -0.3 is 5.32 Å². The van der Waals surface area contributed by atoms with Crippen LogP contribution >= 0.6 is 11.6 Å². The molecule has 4 fully saturated rings. The number of hydrogen-bond donors (Lipinski definition) is 1. The van der Waals surface area contributed by atoms with Gasteiger partial charge in [0, 0.05) is 10.9 Å². The third-order valence-electron chi connectivity index (χ3n) is 5.65. The first-order chi connectivity index (χ1) is 10.4. The van der Waals surface area contributed by atoms with Crippen molar-refractivity contribution in [3.63, 3.8) is 0 Å². The van der Waals surface area contributed by atoms with Crippen LogP contribution in [0.1, 0.15) is 38.5 Å². The van der Waals surface area contributed by atoms with E-state index in [0.717, 1.165) is 44.2 Å². The molecule has 1 aromatic carbocycles. The van der Waals surface area contributed by atoms with Crippen molar-refractivity contribution in [1.82, 2.24) is 0 Å². The molecule has 0 saturated heterocycles. The third kappa shape index (κ3) is 2.23. The number of hydrogen-bond acceptors (Lipinski definition) is 1. The van der Waals surface area contributed by atoms with E-state index >= 15 is 0 Å². The molecule has 2 unspecified atom stereocenters. The maximum absolute atomic E-state index is 13.8. The highest BCUT2D eigenvalue weighted by Crippen LogP contribution is 2.64. The van der Waals surface area contributed by atoms with Crippen LogP contribution < -0.4 is 5.32 Å². The van der Waals surface area contributed by atoms with Crippen LogP contribution in [0.4, 0.5) is 14.5 Å².